The molecule has 6 heteroatoms. The van der Waals surface area contributed by atoms with E-state index in [0.29, 0.717) is 30.4 Å². The molecule has 0 amide bonds. The maximum atomic E-state index is 5.87. The second-order valence-corrected chi connectivity index (χ2v) is 6.75. The second-order valence-electron chi connectivity index (χ2n) is 6.75. The van der Waals surface area contributed by atoms with E-state index in [4.69, 9.17) is 14.0 Å². The Morgan fingerprint density at radius 1 is 1.24 bits per heavy atom. The standard InChI is InChI=1S/C19H27N3O3/c1-14(2)22(12-17-6-4-5-11-24-17)13-18-20-19(21-25-18)15-7-9-16(23-3)10-8-15/h7-10,14,17H,4-6,11-13H2,1-3H3. The normalized spacial score (nSPS) is 18.0. The molecule has 0 saturated carbocycles. The number of ether oxygens (including phenoxy) is 2. The van der Waals surface area contributed by atoms with E-state index in [1.165, 1.54) is 12.8 Å². The summed E-state index contributed by atoms with van der Waals surface area (Å²) in [6.07, 6.45) is 3.86. The van der Waals surface area contributed by atoms with E-state index in [9.17, 15) is 0 Å². The van der Waals surface area contributed by atoms with Crippen LogP contribution in [0.5, 0.6) is 5.75 Å². The van der Waals surface area contributed by atoms with Gasteiger partial charge in [0.05, 0.1) is 19.8 Å². The predicted molar refractivity (Wildman–Crippen MR) is 95.4 cm³/mol. The number of benzene rings is 1. The third kappa shape index (κ3) is 4.80. The number of hydrogen-bond acceptors (Lipinski definition) is 6. The van der Waals surface area contributed by atoms with Gasteiger partial charge >= 0.3 is 0 Å². The molecule has 1 aliphatic heterocycles. The summed E-state index contributed by atoms with van der Waals surface area (Å²) in [6, 6.07) is 8.05. The van der Waals surface area contributed by atoms with Gasteiger partial charge in [-0.2, -0.15) is 4.98 Å². The van der Waals surface area contributed by atoms with Crippen molar-refractivity contribution in [3.05, 3.63) is 30.2 Å². The van der Waals surface area contributed by atoms with Crippen LogP contribution in [0, 0.1) is 0 Å². The molecule has 0 N–H and O–H groups in total. The molecule has 1 aliphatic rings. The van der Waals surface area contributed by atoms with Crippen molar-refractivity contribution in [1.82, 2.24) is 15.0 Å². The van der Waals surface area contributed by atoms with Gasteiger partial charge in [0.15, 0.2) is 0 Å². The average molecular weight is 345 g/mol. The molecule has 0 aliphatic carbocycles. The van der Waals surface area contributed by atoms with Crippen LogP contribution >= 0.6 is 0 Å². The molecule has 25 heavy (non-hydrogen) atoms. The molecule has 1 saturated heterocycles. The molecule has 1 unspecified atom stereocenters. The highest BCUT2D eigenvalue weighted by Crippen LogP contribution is 2.21. The van der Waals surface area contributed by atoms with Crippen LogP contribution in [0.25, 0.3) is 11.4 Å². The Balaban J connectivity index is 1.65. The molecule has 2 aromatic rings. The lowest BCUT2D eigenvalue weighted by molar-refractivity contribution is -0.0147. The molecule has 1 fully saturated rings. The van der Waals surface area contributed by atoms with Gasteiger partial charge in [-0.15, -0.1) is 0 Å². The quantitative estimate of drug-likeness (QED) is 0.765. The third-order valence-corrected chi connectivity index (χ3v) is 4.60. The number of hydrogen-bond donors (Lipinski definition) is 0. The van der Waals surface area contributed by atoms with Crippen LogP contribution in [0.4, 0.5) is 0 Å². The van der Waals surface area contributed by atoms with Gasteiger partial charge in [0, 0.05) is 24.8 Å². The van der Waals surface area contributed by atoms with Crippen LogP contribution in [0.1, 0.15) is 39.0 Å². The Morgan fingerprint density at radius 2 is 2.04 bits per heavy atom. The van der Waals surface area contributed by atoms with Crippen LogP contribution in [0.2, 0.25) is 0 Å². The Bertz CT molecular complexity index is 648. The fourth-order valence-corrected chi connectivity index (χ4v) is 3.02. The first-order chi connectivity index (χ1) is 12.2. The minimum Gasteiger partial charge on any atom is -0.497 e. The summed E-state index contributed by atoms with van der Waals surface area (Å²) in [5.41, 5.74) is 0.919. The zero-order valence-electron chi connectivity index (χ0n) is 15.3. The van der Waals surface area contributed by atoms with E-state index in [1.54, 1.807) is 7.11 Å². The monoisotopic (exact) mass is 345 g/mol. The van der Waals surface area contributed by atoms with Crippen molar-refractivity contribution in [2.45, 2.75) is 51.8 Å². The van der Waals surface area contributed by atoms with E-state index >= 15 is 0 Å². The van der Waals surface area contributed by atoms with Crippen molar-refractivity contribution in [2.75, 3.05) is 20.3 Å². The van der Waals surface area contributed by atoms with Crippen LogP contribution in [0.3, 0.4) is 0 Å². The smallest absolute Gasteiger partial charge is 0.241 e. The summed E-state index contributed by atoms with van der Waals surface area (Å²) < 4.78 is 16.5. The Kier molecular flexibility index (Phi) is 6.04. The fraction of sp³-hybridized carbons (Fsp3) is 0.579. The van der Waals surface area contributed by atoms with Gasteiger partial charge in [-0.1, -0.05) is 5.16 Å². The molecule has 1 aromatic heterocycles. The van der Waals surface area contributed by atoms with Gasteiger partial charge in [-0.05, 0) is 57.4 Å². The molecule has 0 radical (unpaired) electrons. The van der Waals surface area contributed by atoms with E-state index in [2.05, 4.69) is 28.9 Å². The summed E-state index contributed by atoms with van der Waals surface area (Å²) >= 11 is 0. The van der Waals surface area contributed by atoms with Crippen LogP contribution in [0.15, 0.2) is 28.8 Å². The molecular formula is C19H27N3O3. The van der Waals surface area contributed by atoms with Crippen molar-refractivity contribution in [1.29, 1.82) is 0 Å². The lowest BCUT2D eigenvalue weighted by Gasteiger charge is -2.31. The highest BCUT2D eigenvalue weighted by molar-refractivity contribution is 5.55. The van der Waals surface area contributed by atoms with Crippen molar-refractivity contribution in [3.63, 3.8) is 0 Å². The van der Waals surface area contributed by atoms with Crippen molar-refractivity contribution in [3.8, 4) is 17.1 Å². The van der Waals surface area contributed by atoms with Crippen molar-refractivity contribution < 1.29 is 14.0 Å². The summed E-state index contributed by atoms with van der Waals surface area (Å²) in [6.45, 7) is 6.78. The molecule has 1 atom stereocenters. The minimum atomic E-state index is 0.306. The first-order valence-corrected chi connectivity index (χ1v) is 8.98. The highest BCUT2D eigenvalue weighted by Gasteiger charge is 2.22. The minimum absolute atomic E-state index is 0.306. The van der Waals surface area contributed by atoms with Gasteiger partial charge < -0.3 is 14.0 Å². The number of aromatic nitrogens is 2. The maximum Gasteiger partial charge on any atom is 0.241 e. The molecule has 1 aromatic carbocycles. The molecule has 0 spiro atoms. The first-order valence-electron chi connectivity index (χ1n) is 8.98. The molecule has 136 valence electrons. The Morgan fingerprint density at radius 3 is 2.68 bits per heavy atom. The number of nitrogens with zero attached hydrogens (tertiary/aromatic N) is 3. The van der Waals surface area contributed by atoms with E-state index < -0.39 is 0 Å². The molecule has 6 nitrogen and oxygen atoms in total. The van der Waals surface area contributed by atoms with Gasteiger partial charge in [0.25, 0.3) is 0 Å². The van der Waals surface area contributed by atoms with Gasteiger partial charge in [0.1, 0.15) is 5.75 Å². The molecule has 0 bridgehead atoms. The topological polar surface area (TPSA) is 60.6 Å². The van der Waals surface area contributed by atoms with E-state index in [0.717, 1.165) is 30.9 Å². The first kappa shape index (κ1) is 17.9. The fourth-order valence-electron chi connectivity index (χ4n) is 3.02. The lowest BCUT2D eigenvalue weighted by Crippen LogP contribution is -2.39. The zero-order chi connectivity index (χ0) is 17.6. The highest BCUT2D eigenvalue weighted by atomic mass is 16.5. The lowest BCUT2D eigenvalue weighted by atomic mass is 10.1. The van der Waals surface area contributed by atoms with Crippen LogP contribution in [-0.4, -0.2) is 47.4 Å². The summed E-state index contributed by atoms with van der Waals surface area (Å²) in [4.78, 5) is 6.88. The average Bonchev–Trinajstić information content (AvgIpc) is 3.10. The van der Waals surface area contributed by atoms with Gasteiger partial charge in [-0.3, -0.25) is 4.90 Å². The number of rotatable bonds is 7. The van der Waals surface area contributed by atoms with Crippen LogP contribution in [-0.2, 0) is 11.3 Å². The number of methoxy groups -OCH3 is 1. The summed E-state index contributed by atoms with van der Waals surface area (Å²) in [7, 11) is 1.65. The second kappa shape index (κ2) is 8.45. The zero-order valence-corrected chi connectivity index (χ0v) is 15.3. The predicted octanol–water partition coefficient (Wildman–Crippen LogP) is 3.52. The van der Waals surface area contributed by atoms with Gasteiger partial charge in [-0.25, -0.2) is 0 Å². The Labute approximate surface area is 149 Å². The van der Waals surface area contributed by atoms with Crippen molar-refractivity contribution in [2.24, 2.45) is 0 Å². The molecular weight excluding hydrogens is 318 g/mol. The van der Waals surface area contributed by atoms with E-state index in [-0.39, 0.29) is 0 Å². The summed E-state index contributed by atoms with van der Waals surface area (Å²) in [5, 5.41) is 4.12. The Hall–Kier alpha value is -1.92. The summed E-state index contributed by atoms with van der Waals surface area (Å²) in [5.74, 6) is 2.05. The van der Waals surface area contributed by atoms with Crippen LogP contribution < -0.4 is 4.74 Å². The van der Waals surface area contributed by atoms with Gasteiger partial charge in [0.2, 0.25) is 11.7 Å². The van der Waals surface area contributed by atoms with E-state index in [1.807, 2.05) is 24.3 Å². The maximum absolute atomic E-state index is 5.87. The molecule has 2 heterocycles. The third-order valence-electron chi connectivity index (χ3n) is 4.60. The largest absolute Gasteiger partial charge is 0.497 e. The molecule has 3 rings (SSSR count). The SMILES string of the molecule is COc1ccc(-c2noc(CN(CC3CCCCO3)C(C)C)n2)cc1. The van der Waals surface area contributed by atoms with Crippen molar-refractivity contribution >= 4 is 0 Å².